The van der Waals surface area contributed by atoms with Crippen LogP contribution >= 0.6 is 11.5 Å². The number of hydrogen-bond acceptors (Lipinski definition) is 5. The van der Waals surface area contributed by atoms with Gasteiger partial charge in [-0.25, -0.2) is 4.39 Å². The molecule has 0 aliphatic carbocycles. The minimum absolute atomic E-state index is 0.0579. The summed E-state index contributed by atoms with van der Waals surface area (Å²) in [4.78, 5) is 5.28. The van der Waals surface area contributed by atoms with Gasteiger partial charge in [0.15, 0.2) is 11.5 Å². The fourth-order valence-corrected chi connectivity index (χ4v) is 4.15. The van der Waals surface area contributed by atoms with E-state index in [1.807, 2.05) is 43.5 Å². The number of hydrogen-bond donors (Lipinski definition) is 0. The van der Waals surface area contributed by atoms with Crippen LogP contribution in [-0.4, -0.2) is 24.0 Å². The van der Waals surface area contributed by atoms with Crippen LogP contribution in [0.1, 0.15) is 29.9 Å². The third-order valence-corrected chi connectivity index (χ3v) is 5.84. The maximum atomic E-state index is 14.7. The normalized spacial score (nSPS) is 12.7. The van der Waals surface area contributed by atoms with Gasteiger partial charge in [-0.2, -0.15) is 4.37 Å². The first-order valence-electron chi connectivity index (χ1n) is 8.93. The molecular weight excluding hydrogens is 373 g/mol. The minimum Gasteiger partial charge on any atom is -0.283 e. The third kappa shape index (κ3) is 2.75. The lowest BCUT2D eigenvalue weighted by molar-refractivity contribution is 0.629. The Morgan fingerprint density at radius 3 is 2.82 bits per heavy atom. The number of pyridine rings is 2. The third-order valence-electron chi connectivity index (χ3n) is 4.91. The van der Waals surface area contributed by atoms with Gasteiger partial charge >= 0.3 is 0 Å². The smallest absolute Gasteiger partial charge is 0.196 e. The van der Waals surface area contributed by atoms with Crippen molar-refractivity contribution in [2.45, 2.75) is 19.8 Å². The Morgan fingerprint density at radius 1 is 1.11 bits per heavy atom. The summed E-state index contributed by atoms with van der Waals surface area (Å²) in [5.74, 6) is 0.245. The maximum Gasteiger partial charge on any atom is 0.196 e. The van der Waals surface area contributed by atoms with Crippen molar-refractivity contribution in [2.75, 3.05) is 0 Å². The van der Waals surface area contributed by atoms with E-state index in [0.717, 1.165) is 32.6 Å². The number of halogens is 1. The average Bonchev–Trinajstić information content (AvgIpc) is 3.33. The molecule has 0 radical (unpaired) electrons. The number of aromatic nitrogens is 5. The van der Waals surface area contributed by atoms with Crippen LogP contribution in [0.25, 0.3) is 27.0 Å². The molecule has 1 atom stereocenters. The van der Waals surface area contributed by atoms with Crippen LogP contribution in [-0.2, 0) is 0 Å². The summed E-state index contributed by atoms with van der Waals surface area (Å²) in [6, 6.07) is 13.5. The van der Waals surface area contributed by atoms with E-state index < -0.39 is 5.82 Å². The van der Waals surface area contributed by atoms with Gasteiger partial charge in [0.25, 0.3) is 0 Å². The first-order chi connectivity index (χ1) is 13.6. The van der Waals surface area contributed by atoms with E-state index in [4.69, 9.17) is 0 Å². The Bertz CT molecular complexity index is 1320. The maximum absolute atomic E-state index is 14.7. The van der Waals surface area contributed by atoms with Crippen molar-refractivity contribution in [1.82, 2.24) is 24.0 Å². The van der Waals surface area contributed by atoms with Gasteiger partial charge < -0.3 is 0 Å². The van der Waals surface area contributed by atoms with Crippen molar-refractivity contribution in [2.24, 2.45) is 0 Å². The Morgan fingerprint density at radius 2 is 2.00 bits per heavy atom. The van der Waals surface area contributed by atoms with Gasteiger partial charge in [-0.15, -0.1) is 10.2 Å². The van der Waals surface area contributed by atoms with Crippen LogP contribution in [0.15, 0.2) is 54.9 Å². The first-order valence-corrected chi connectivity index (χ1v) is 9.70. The molecule has 4 heterocycles. The number of aryl methyl sites for hydroxylation is 1. The lowest BCUT2D eigenvalue weighted by atomic mass is 9.98. The van der Waals surface area contributed by atoms with Crippen LogP contribution in [0.3, 0.4) is 0 Å². The van der Waals surface area contributed by atoms with Crippen molar-refractivity contribution in [3.63, 3.8) is 0 Å². The van der Waals surface area contributed by atoms with Crippen molar-refractivity contribution in [3.05, 3.63) is 77.8 Å². The quantitative estimate of drug-likeness (QED) is 0.436. The predicted octanol–water partition coefficient (Wildman–Crippen LogP) is 5.00. The van der Waals surface area contributed by atoms with Gasteiger partial charge in [0.1, 0.15) is 5.82 Å². The molecule has 0 saturated heterocycles. The minimum atomic E-state index is -0.391. The van der Waals surface area contributed by atoms with E-state index in [9.17, 15) is 4.39 Å². The zero-order valence-corrected chi connectivity index (χ0v) is 16.1. The van der Waals surface area contributed by atoms with Crippen molar-refractivity contribution >= 4 is 28.1 Å². The van der Waals surface area contributed by atoms with Gasteiger partial charge in [-0.3, -0.25) is 9.38 Å². The highest BCUT2D eigenvalue weighted by Crippen LogP contribution is 2.30. The van der Waals surface area contributed by atoms with E-state index >= 15 is 0 Å². The molecule has 0 fully saturated rings. The largest absolute Gasteiger partial charge is 0.283 e. The highest BCUT2D eigenvalue weighted by molar-refractivity contribution is 7.09. The summed E-state index contributed by atoms with van der Waals surface area (Å²) in [5.41, 5.74) is 3.94. The molecule has 5 aromatic rings. The van der Waals surface area contributed by atoms with E-state index in [1.54, 1.807) is 10.6 Å². The average molecular weight is 389 g/mol. The van der Waals surface area contributed by atoms with Crippen LogP contribution in [0.2, 0.25) is 0 Å². The molecule has 7 heteroatoms. The predicted molar refractivity (Wildman–Crippen MR) is 108 cm³/mol. The Balaban J connectivity index is 1.64. The van der Waals surface area contributed by atoms with Gasteiger partial charge in [-0.1, -0.05) is 19.1 Å². The molecule has 1 aromatic carbocycles. The van der Waals surface area contributed by atoms with Crippen molar-refractivity contribution in [3.8, 4) is 10.4 Å². The zero-order chi connectivity index (χ0) is 19.3. The van der Waals surface area contributed by atoms with Gasteiger partial charge in [0, 0.05) is 29.3 Å². The summed E-state index contributed by atoms with van der Waals surface area (Å²) in [5, 5.41) is 9.44. The highest BCUT2D eigenvalue weighted by Gasteiger charge is 2.19. The fraction of sp³-hybridized carbons (Fsp3) is 0.143. The molecule has 1 unspecified atom stereocenters. The summed E-state index contributed by atoms with van der Waals surface area (Å²) < 4.78 is 20.7. The van der Waals surface area contributed by atoms with E-state index in [1.165, 1.54) is 17.6 Å². The Hall–Kier alpha value is -3.19. The molecule has 0 N–H and O–H groups in total. The van der Waals surface area contributed by atoms with E-state index in [0.29, 0.717) is 5.82 Å². The van der Waals surface area contributed by atoms with E-state index in [2.05, 4.69) is 32.5 Å². The van der Waals surface area contributed by atoms with Crippen LogP contribution in [0.5, 0.6) is 0 Å². The Labute approximate surface area is 164 Å². The topological polar surface area (TPSA) is 56.0 Å². The molecule has 0 amide bonds. The molecule has 0 saturated carbocycles. The number of nitrogens with zero attached hydrogens (tertiary/aromatic N) is 5. The second-order valence-corrected chi connectivity index (χ2v) is 7.64. The van der Waals surface area contributed by atoms with Crippen LogP contribution < -0.4 is 0 Å². The monoisotopic (exact) mass is 389 g/mol. The molecule has 5 nitrogen and oxygen atoms in total. The molecule has 138 valence electrons. The van der Waals surface area contributed by atoms with Gasteiger partial charge in [0.05, 0.1) is 16.1 Å². The molecule has 0 aliphatic rings. The zero-order valence-electron chi connectivity index (χ0n) is 15.3. The molecule has 0 spiro atoms. The second kappa shape index (κ2) is 6.45. The van der Waals surface area contributed by atoms with Crippen LogP contribution in [0, 0.1) is 12.7 Å². The molecule has 0 bridgehead atoms. The second-order valence-electron chi connectivity index (χ2n) is 6.84. The Kier molecular flexibility index (Phi) is 3.91. The highest BCUT2D eigenvalue weighted by atomic mass is 32.1. The standard InChI is InChI=1S/C21H16FN5S/c1-12-8-19(28-26-12)16-10-17(22)21-25-24-20(27(21)11-16)13(2)14-5-6-18-15(9-14)4-3-7-23-18/h3-11,13H,1-2H3. The lowest BCUT2D eigenvalue weighted by Crippen LogP contribution is -2.03. The van der Waals surface area contributed by atoms with E-state index in [-0.39, 0.29) is 11.6 Å². The van der Waals surface area contributed by atoms with Crippen molar-refractivity contribution < 1.29 is 4.39 Å². The van der Waals surface area contributed by atoms with Crippen molar-refractivity contribution in [1.29, 1.82) is 0 Å². The molecule has 0 aliphatic heterocycles. The molecule has 5 rings (SSSR count). The lowest BCUT2D eigenvalue weighted by Gasteiger charge is -2.12. The number of benzene rings is 1. The SMILES string of the molecule is Cc1cc(-c2cc(F)c3nnc(C(C)c4ccc5ncccc5c4)n3c2)sn1. The van der Waals surface area contributed by atoms with Crippen LogP contribution in [0.4, 0.5) is 4.39 Å². The molecule has 4 aromatic heterocycles. The summed E-state index contributed by atoms with van der Waals surface area (Å²) in [6.45, 7) is 3.98. The number of rotatable bonds is 3. The van der Waals surface area contributed by atoms with Gasteiger partial charge in [0.2, 0.25) is 0 Å². The number of fused-ring (bicyclic) bond motifs is 2. The summed E-state index contributed by atoms with van der Waals surface area (Å²) in [7, 11) is 0. The molecular formula is C21H16FN5S. The summed E-state index contributed by atoms with van der Waals surface area (Å²) >= 11 is 1.36. The molecule has 28 heavy (non-hydrogen) atoms. The van der Waals surface area contributed by atoms with Gasteiger partial charge in [-0.05, 0) is 54.4 Å². The summed E-state index contributed by atoms with van der Waals surface area (Å²) in [6.07, 6.45) is 3.67. The fourth-order valence-electron chi connectivity index (χ4n) is 3.41. The first kappa shape index (κ1) is 16.9.